The molecule has 0 aromatic heterocycles. The van der Waals surface area contributed by atoms with Crippen molar-refractivity contribution in [2.24, 2.45) is 0 Å². The summed E-state index contributed by atoms with van der Waals surface area (Å²) < 4.78 is 4.69. The minimum absolute atomic E-state index is 0.140. The van der Waals surface area contributed by atoms with Crippen molar-refractivity contribution in [2.45, 2.75) is 6.04 Å². The lowest BCUT2D eigenvalue weighted by Crippen LogP contribution is -2.39. The van der Waals surface area contributed by atoms with Gasteiger partial charge >= 0.3 is 5.97 Å². The minimum Gasteiger partial charge on any atom is -0.465 e. The van der Waals surface area contributed by atoms with E-state index in [2.05, 4.69) is 15.4 Å². The van der Waals surface area contributed by atoms with Gasteiger partial charge in [-0.15, -0.1) is 0 Å². The molecule has 0 aliphatic heterocycles. The summed E-state index contributed by atoms with van der Waals surface area (Å²) in [7, 11) is 2.74. The second kappa shape index (κ2) is 7.92. The summed E-state index contributed by atoms with van der Waals surface area (Å²) in [5, 5.41) is 5.18. The molecule has 24 heavy (non-hydrogen) atoms. The largest absolute Gasteiger partial charge is 0.465 e. The summed E-state index contributed by atoms with van der Waals surface area (Å²) in [5.41, 5.74) is 0.927. The molecule has 0 aliphatic carbocycles. The molecule has 6 nitrogen and oxygen atoms in total. The minimum atomic E-state index is -0.866. The summed E-state index contributed by atoms with van der Waals surface area (Å²) in [6, 6.07) is 14.3. The summed E-state index contributed by atoms with van der Waals surface area (Å²) in [4.78, 5) is 36.5. The molecule has 0 bridgehead atoms. The average molecular weight is 326 g/mol. The number of rotatable bonds is 5. The second-order valence-electron chi connectivity index (χ2n) is 4.97. The Bertz CT molecular complexity index is 744. The van der Waals surface area contributed by atoms with E-state index in [1.807, 2.05) is 6.07 Å². The number of likely N-dealkylation sites (N-methyl/N-ethyl adjacent to an activating group) is 1. The van der Waals surface area contributed by atoms with Crippen LogP contribution in [0.2, 0.25) is 0 Å². The Hall–Kier alpha value is -3.15. The molecule has 0 spiro atoms. The van der Waals surface area contributed by atoms with Crippen LogP contribution in [0.15, 0.2) is 54.6 Å². The highest BCUT2D eigenvalue weighted by atomic mass is 16.5. The van der Waals surface area contributed by atoms with E-state index in [1.54, 1.807) is 36.4 Å². The normalized spacial score (nSPS) is 11.2. The van der Waals surface area contributed by atoms with Gasteiger partial charge in [-0.1, -0.05) is 42.5 Å². The van der Waals surface area contributed by atoms with Gasteiger partial charge in [0.2, 0.25) is 5.91 Å². The molecule has 0 heterocycles. The molecule has 2 aromatic carbocycles. The Morgan fingerprint density at radius 1 is 0.917 bits per heavy atom. The number of carbonyl (C=O) groups is 3. The molecular weight excluding hydrogens is 308 g/mol. The molecular formula is C18H18N2O4. The van der Waals surface area contributed by atoms with Crippen LogP contribution in [0.4, 0.5) is 0 Å². The molecule has 2 N–H and O–H groups in total. The van der Waals surface area contributed by atoms with E-state index in [4.69, 9.17) is 0 Å². The van der Waals surface area contributed by atoms with Crippen LogP contribution in [-0.4, -0.2) is 31.9 Å². The molecule has 0 saturated heterocycles. The van der Waals surface area contributed by atoms with E-state index < -0.39 is 17.9 Å². The summed E-state index contributed by atoms with van der Waals surface area (Å²) >= 11 is 0. The smallest absolute Gasteiger partial charge is 0.338 e. The molecule has 1 unspecified atom stereocenters. The zero-order valence-electron chi connectivity index (χ0n) is 13.4. The first kappa shape index (κ1) is 17.2. The second-order valence-corrected chi connectivity index (χ2v) is 4.97. The number of ether oxygens (including phenoxy) is 1. The zero-order chi connectivity index (χ0) is 17.5. The first-order chi connectivity index (χ1) is 11.6. The van der Waals surface area contributed by atoms with Gasteiger partial charge in [0.25, 0.3) is 5.91 Å². The van der Waals surface area contributed by atoms with E-state index in [0.29, 0.717) is 5.56 Å². The third kappa shape index (κ3) is 3.78. The monoisotopic (exact) mass is 326 g/mol. The lowest BCUT2D eigenvalue weighted by Gasteiger charge is -2.18. The average Bonchev–Trinajstić information content (AvgIpc) is 2.65. The van der Waals surface area contributed by atoms with Gasteiger partial charge in [-0.2, -0.15) is 0 Å². The Morgan fingerprint density at radius 2 is 1.50 bits per heavy atom. The third-order valence-corrected chi connectivity index (χ3v) is 3.49. The van der Waals surface area contributed by atoms with Gasteiger partial charge in [0, 0.05) is 7.05 Å². The van der Waals surface area contributed by atoms with Crippen LogP contribution in [0.25, 0.3) is 0 Å². The van der Waals surface area contributed by atoms with Crippen LogP contribution in [0, 0.1) is 0 Å². The van der Waals surface area contributed by atoms with E-state index in [-0.39, 0.29) is 17.0 Å². The van der Waals surface area contributed by atoms with Crippen LogP contribution < -0.4 is 10.6 Å². The van der Waals surface area contributed by atoms with Crippen molar-refractivity contribution in [2.75, 3.05) is 14.2 Å². The Labute approximate surface area is 139 Å². The highest BCUT2D eigenvalue weighted by Crippen LogP contribution is 2.16. The molecule has 124 valence electrons. The van der Waals surface area contributed by atoms with Crippen molar-refractivity contribution < 1.29 is 19.1 Å². The number of hydrogen-bond donors (Lipinski definition) is 2. The standard InChI is InChI=1S/C18H18N2O4/c1-19-17(22)15(12-8-4-3-5-9-12)20-16(21)13-10-6-7-11-14(13)18(23)24-2/h3-11,15H,1-2H3,(H,19,22)(H,20,21). The number of methoxy groups -OCH3 is 1. The topological polar surface area (TPSA) is 84.5 Å². The van der Waals surface area contributed by atoms with Gasteiger partial charge in [0.15, 0.2) is 0 Å². The summed E-state index contributed by atoms with van der Waals surface area (Å²) in [6.45, 7) is 0. The highest BCUT2D eigenvalue weighted by Gasteiger charge is 2.24. The molecule has 1 atom stereocenters. The predicted octanol–water partition coefficient (Wildman–Crippen LogP) is 1.69. The Morgan fingerprint density at radius 3 is 2.08 bits per heavy atom. The zero-order valence-corrected chi connectivity index (χ0v) is 13.4. The number of carbonyl (C=O) groups excluding carboxylic acids is 3. The molecule has 2 amide bonds. The predicted molar refractivity (Wildman–Crippen MR) is 88.5 cm³/mol. The van der Waals surface area contributed by atoms with Crippen LogP contribution >= 0.6 is 0 Å². The number of benzene rings is 2. The lowest BCUT2D eigenvalue weighted by molar-refractivity contribution is -0.122. The number of esters is 1. The maximum atomic E-state index is 12.6. The molecule has 0 saturated carbocycles. The van der Waals surface area contributed by atoms with Gasteiger partial charge < -0.3 is 15.4 Å². The molecule has 0 fully saturated rings. The number of hydrogen-bond acceptors (Lipinski definition) is 4. The fourth-order valence-corrected chi connectivity index (χ4v) is 2.27. The van der Waals surface area contributed by atoms with Crippen molar-refractivity contribution in [3.8, 4) is 0 Å². The molecule has 0 radical (unpaired) electrons. The molecule has 2 aromatic rings. The molecule has 6 heteroatoms. The van der Waals surface area contributed by atoms with Crippen LogP contribution in [0.3, 0.4) is 0 Å². The molecule has 2 rings (SSSR count). The highest BCUT2D eigenvalue weighted by molar-refractivity contribution is 6.06. The van der Waals surface area contributed by atoms with Crippen molar-refractivity contribution in [3.05, 3.63) is 71.3 Å². The van der Waals surface area contributed by atoms with E-state index in [1.165, 1.54) is 26.3 Å². The van der Waals surface area contributed by atoms with E-state index in [9.17, 15) is 14.4 Å². The van der Waals surface area contributed by atoms with Crippen molar-refractivity contribution >= 4 is 17.8 Å². The number of nitrogens with one attached hydrogen (secondary N) is 2. The van der Waals surface area contributed by atoms with Gasteiger partial charge in [0.05, 0.1) is 18.2 Å². The van der Waals surface area contributed by atoms with Crippen molar-refractivity contribution in [3.63, 3.8) is 0 Å². The van der Waals surface area contributed by atoms with Gasteiger partial charge in [-0.25, -0.2) is 4.79 Å². The summed E-state index contributed by atoms with van der Waals surface area (Å²) in [5.74, 6) is -1.50. The van der Waals surface area contributed by atoms with Crippen LogP contribution in [-0.2, 0) is 9.53 Å². The van der Waals surface area contributed by atoms with Gasteiger partial charge in [-0.3, -0.25) is 9.59 Å². The van der Waals surface area contributed by atoms with Gasteiger partial charge in [-0.05, 0) is 17.7 Å². The SMILES string of the molecule is CNC(=O)C(NC(=O)c1ccccc1C(=O)OC)c1ccccc1. The summed E-state index contributed by atoms with van der Waals surface area (Å²) in [6.07, 6.45) is 0. The number of amides is 2. The van der Waals surface area contributed by atoms with E-state index in [0.717, 1.165) is 0 Å². The first-order valence-corrected chi connectivity index (χ1v) is 7.33. The fourth-order valence-electron chi connectivity index (χ4n) is 2.27. The third-order valence-electron chi connectivity index (χ3n) is 3.49. The molecule has 0 aliphatic rings. The lowest BCUT2D eigenvalue weighted by atomic mass is 10.0. The first-order valence-electron chi connectivity index (χ1n) is 7.33. The fraction of sp³-hybridized carbons (Fsp3) is 0.167. The van der Waals surface area contributed by atoms with Crippen LogP contribution in [0.5, 0.6) is 0 Å². The van der Waals surface area contributed by atoms with Gasteiger partial charge in [0.1, 0.15) is 6.04 Å². The van der Waals surface area contributed by atoms with Crippen LogP contribution in [0.1, 0.15) is 32.3 Å². The Kier molecular flexibility index (Phi) is 5.68. The van der Waals surface area contributed by atoms with E-state index >= 15 is 0 Å². The maximum absolute atomic E-state index is 12.6. The quantitative estimate of drug-likeness (QED) is 0.819. The van der Waals surface area contributed by atoms with Crippen molar-refractivity contribution in [1.29, 1.82) is 0 Å². The Balaban J connectivity index is 2.32. The van der Waals surface area contributed by atoms with Crippen molar-refractivity contribution in [1.82, 2.24) is 10.6 Å². The maximum Gasteiger partial charge on any atom is 0.338 e.